The van der Waals surface area contributed by atoms with E-state index in [2.05, 4.69) is 0 Å². The number of hydrogen-bond acceptors (Lipinski definition) is 11. The molecule has 2 aromatic carbocycles. The van der Waals surface area contributed by atoms with Gasteiger partial charge in [-0.15, -0.1) is 0 Å². The van der Waals surface area contributed by atoms with Gasteiger partial charge in [-0.05, 0) is 24.3 Å². The normalized spacial score (nSPS) is 25.2. The van der Waals surface area contributed by atoms with Crippen LogP contribution in [-0.2, 0) is 4.74 Å². The van der Waals surface area contributed by atoms with Gasteiger partial charge >= 0.3 is 0 Å². The number of ether oxygens (including phenoxy) is 3. The number of aromatic hydroxyl groups is 2. The molecule has 0 spiro atoms. The lowest BCUT2D eigenvalue weighted by Crippen LogP contribution is -2.60. The molecule has 1 aromatic heterocycles. The Morgan fingerprint density at radius 3 is 2.33 bits per heavy atom. The molecule has 1 saturated heterocycles. The van der Waals surface area contributed by atoms with E-state index < -0.39 is 60.0 Å². The highest BCUT2D eigenvalue weighted by Crippen LogP contribution is 2.43. The van der Waals surface area contributed by atoms with Crippen LogP contribution in [0.2, 0.25) is 0 Å². The Bertz CT molecular complexity index is 1200. The largest absolute Gasteiger partial charge is 0.504 e. The van der Waals surface area contributed by atoms with Gasteiger partial charge in [0.25, 0.3) is 0 Å². The minimum atomic E-state index is -1.79. The molecule has 11 nitrogen and oxygen atoms in total. The lowest BCUT2D eigenvalue weighted by Gasteiger charge is -2.39. The Labute approximate surface area is 186 Å². The Hall–Kier alpha value is -3.35. The molecule has 0 amide bonds. The molecule has 0 saturated carbocycles. The van der Waals surface area contributed by atoms with Crippen LogP contribution in [0.5, 0.6) is 23.0 Å². The van der Waals surface area contributed by atoms with Crippen LogP contribution in [-0.4, -0.2) is 75.1 Å². The van der Waals surface area contributed by atoms with Crippen LogP contribution >= 0.6 is 0 Å². The third kappa shape index (κ3) is 4.08. The quantitative estimate of drug-likeness (QED) is 0.302. The van der Waals surface area contributed by atoms with E-state index in [9.17, 15) is 35.4 Å². The maximum Gasteiger partial charge on any atom is 0.229 e. The molecule has 3 aromatic rings. The van der Waals surface area contributed by atoms with Crippen molar-refractivity contribution in [3.8, 4) is 34.3 Å². The zero-order valence-electron chi connectivity index (χ0n) is 17.3. The van der Waals surface area contributed by atoms with E-state index in [4.69, 9.17) is 18.6 Å². The van der Waals surface area contributed by atoms with Crippen LogP contribution in [0.4, 0.5) is 0 Å². The molecule has 1 aliphatic rings. The van der Waals surface area contributed by atoms with Crippen molar-refractivity contribution in [1.82, 2.24) is 0 Å². The molecule has 4 rings (SSSR count). The zero-order valence-corrected chi connectivity index (χ0v) is 17.3. The lowest BCUT2D eigenvalue weighted by molar-refractivity contribution is -0.277. The first-order chi connectivity index (χ1) is 15.7. The smallest absolute Gasteiger partial charge is 0.229 e. The molecule has 0 aliphatic carbocycles. The Kier molecular flexibility index (Phi) is 6.15. The van der Waals surface area contributed by atoms with Gasteiger partial charge in [-0.25, -0.2) is 0 Å². The lowest BCUT2D eigenvalue weighted by atomic mass is 9.99. The van der Waals surface area contributed by atoms with Crippen molar-refractivity contribution in [3.05, 3.63) is 46.6 Å². The number of benzene rings is 2. The maximum absolute atomic E-state index is 12.8. The number of fused-ring (bicyclic) bond motifs is 1. The maximum atomic E-state index is 12.8. The summed E-state index contributed by atoms with van der Waals surface area (Å²) in [6.45, 7) is -0.696. The highest BCUT2D eigenvalue weighted by molar-refractivity contribution is 5.89. The van der Waals surface area contributed by atoms with Gasteiger partial charge in [0.05, 0.1) is 13.7 Å². The first kappa shape index (κ1) is 22.8. The van der Waals surface area contributed by atoms with Gasteiger partial charge in [-0.3, -0.25) is 4.79 Å². The van der Waals surface area contributed by atoms with E-state index >= 15 is 0 Å². The van der Waals surface area contributed by atoms with E-state index in [0.29, 0.717) is 11.3 Å². The van der Waals surface area contributed by atoms with E-state index in [-0.39, 0.29) is 16.7 Å². The van der Waals surface area contributed by atoms with Gasteiger partial charge in [-0.2, -0.15) is 0 Å². The van der Waals surface area contributed by atoms with Crippen LogP contribution in [0.15, 0.2) is 45.6 Å². The second-order valence-electron chi connectivity index (χ2n) is 7.47. The highest BCUT2D eigenvalue weighted by atomic mass is 16.7. The Balaban J connectivity index is 1.72. The van der Waals surface area contributed by atoms with Crippen molar-refractivity contribution >= 4 is 11.0 Å². The molecule has 176 valence electrons. The molecule has 11 heteroatoms. The monoisotopic (exact) mass is 462 g/mol. The second kappa shape index (κ2) is 8.89. The van der Waals surface area contributed by atoms with Crippen molar-refractivity contribution in [1.29, 1.82) is 0 Å². The van der Waals surface area contributed by atoms with Crippen LogP contribution in [0.1, 0.15) is 0 Å². The minimum Gasteiger partial charge on any atom is -0.504 e. The third-order valence-corrected chi connectivity index (χ3v) is 5.38. The van der Waals surface area contributed by atoms with Crippen LogP contribution in [0, 0.1) is 0 Å². The molecule has 1 fully saturated rings. The molecular formula is C22H22O11. The number of methoxy groups -OCH3 is 1. The second-order valence-corrected chi connectivity index (χ2v) is 7.47. The molecule has 33 heavy (non-hydrogen) atoms. The number of rotatable bonds is 5. The number of phenolic OH excluding ortho intramolecular Hbond substituents is 2. The Morgan fingerprint density at radius 1 is 1.00 bits per heavy atom. The summed E-state index contributed by atoms with van der Waals surface area (Å²) in [6, 6.07) is 8.87. The summed E-state index contributed by atoms with van der Waals surface area (Å²) in [5, 5.41) is 59.9. The number of phenols is 2. The molecule has 0 radical (unpaired) electrons. The van der Waals surface area contributed by atoms with Crippen molar-refractivity contribution < 1.29 is 49.3 Å². The zero-order chi connectivity index (χ0) is 23.9. The van der Waals surface area contributed by atoms with Gasteiger partial charge in [0.15, 0.2) is 16.9 Å². The SMILES string of the molecule is COc1ccc(-c2cc(=O)c3c(O)c(OC4OC(CO)C(O)C(O)C4O)c(O)cc3o2)cc1. The summed E-state index contributed by atoms with van der Waals surface area (Å²) in [5.74, 6) is -1.26. The van der Waals surface area contributed by atoms with Crippen LogP contribution in [0.3, 0.4) is 0 Å². The third-order valence-electron chi connectivity index (χ3n) is 5.38. The van der Waals surface area contributed by atoms with Crippen molar-refractivity contribution in [2.24, 2.45) is 0 Å². The van der Waals surface area contributed by atoms with Crippen molar-refractivity contribution in [2.75, 3.05) is 13.7 Å². The first-order valence-corrected chi connectivity index (χ1v) is 9.89. The van der Waals surface area contributed by atoms with E-state index in [1.807, 2.05) is 0 Å². The average molecular weight is 462 g/mol. The molecule has 6 N–H and O–H groups in total. The first-order valence-electron chi connectivity index (χ1n) is 9.89. The molecule has 5 unspecified atom stereocenters. The van der Waals surface area contributed by atoms with Crippen LogP contribution < -0.4 is 14.9 Å². The molecule has 0 bridgehead atoms. The van der Waals surface area contributed by atoms with E-state index in [0.717, 1.165) is 12.1 Å². The summed E-state index contributed by atoms with van der Waals surface area (Å²) >= 11 is 0. The average Bonchev–Trinajstić information content (AvgIpc) is 2.81. The number of aliphatic hydroxyl groups is 4. The minimum absolute atomic E-state index is 0.135. The topological polar surface area (TPSA) is 179 Å². The summed E-state index contributed by atoms with van der Waals surface area (Å²) in [7, 11) is 1.51. The summed E-state index contributed by atoms with van der Waals surface area (Å²) in [6.07, 6.45) is -8.09. The fraction of sp³-hybridized carbons (Fsp3) is 0.318. The fourth-order valence-corrected chi connectivity index (χ4v) is 3.57. The molecular weight excluding hydrogens is 440 g/mol. The highest BCUT2D eigenvalue weighted by Gasteiger charge is 2.45. The molecule has 2 heterocycles. The molecule has 1 aliphatic heterocycles. The number of aliphatic hydroxyl groups excluding tert-OH is 4. The predicted molar refractivity (Wildman–Crippen MR) is 112 cm³/mol. The number of hydrogen-bond donors (Lipinski definition) is 6. The summed E-state index contributed by atoms with van der Waals surface area (Å²) in [5.41, 5.74) is -0.224. The van der Waals surface area contributed by atoms with Gasteiger partial charge < -0.3 is 49.3 Å². The van der Waals surface area contributed by atoms with E-state index in [1.165, 1.54) is 7.11 Å². The molecule has 5 atom stereocenters. The van der Waals surface area contributed by atoms with Gasteiger partial charge in [0.1, 0.15) is 46.9 Å². The van der Waals surface area contributed by atoms with Gasteiger partial charge in [0.2, 0.25) is 12.0 Å². The van der Waals surface area contributed by atoms with Gasteiger partial charge in [-0.1, -0.05) is 0 Å². The summed E-state index contributed by atoms with van der Waals surface area (Å²) in [4.78, 5) is 12.8. The Morgan fingerprint density at radius 2 is 1.70 bits per heavy atom. The van der Waals surface area contributed by atoms with Crippen LogP contribution in [0.25, 0.3) is 22.3 Å². The van der Waals surface area contributed by atoms with Crippen molar-refractivity contribution in [2.45, 2.75) is 30.7 Å². The standard InChI is InChI=1S/C22H22O11/c1-30-10-4-2-9(3-5-10)13-6-11(24)16-14(31-13)7-12(25)21(18(16)27)33-22-20(29)19(28)17(26)15(8-23)32-22/h2-7,15,17,19-20,22-23,25-29H,8H2,1H3. The fourth-order valence-electron chi connectivity index (χ4n) is 3.57. The van der Waals surface area contributed by atoms with E-state index in [1.54, 1.807) is 24.3 Å². The summed E-state index contributed by atoms with van der Waals surface area (Å²) < 4.78 is 21.3. The predicted octanol–water partition coefficient (Wildman–Crippen LogP) is 0.0585. The van der Waals surface area contributed by atoms with Crippen molar-refractivity contribution in [3.63, 3.8) is 0 Å². The van der Waals surface area contributed by atoms with Gasteiger partial charge in [0, 0.05) is 17.7 Å².